The summed E-state index contributed by atoms with van der Waals surface area (Å²) in [7, 11) is 0. The van der Waals surface area contributed by atoms with Crippen LogP contribution in [-0.4, -0.2) is 0 Å². The van der Waals surface area contributed by atoms with Crippen LogP contribution < -0.4 is 0 Å². The zero-order valence-corrected chi connectivity index (χ0v) is 9.22. The molecule has 0 bridgehead atoms. The van der Waals surface area contributed by atoms with Crippen LogP contribution in [0.5, 0.6) is 0 Å². The minimum atomic E-state index is -0.235. The number of rotatable bonds is 1. The number of benzene rings is 1. The molecule has 1 nitrogen and oxygen atoms in total. The fourth-order valence-electron chi connectivity index (χ4n) is 2.89. The van der Waals surface area contributed by atoms with Gasteiger partial charge in [-0.05, 0) is 48.8 Å². The van der Waals surface area contributed by atoms with E-state index in [0.717, 1.165) is 23.4 Å². The Morgan fingerprint density at radius 3 is 2.53 bits per heavy atom. The second-order valence-corrected chi connectivity index (χ2v) is 5.49. The molecular weight excluding hydrogens is 206 g/mol. The summed E-state index contributed by atoms with van der Waals surface area (Å²) in [6, 6.07) is 10.3. The smallest absolute Gasteiger partial charge is 0.0833 e. The Balaban J connectivity index is 1.95. The molecule has 2 aliphatic carbocycles. The summed E-state index contributed by atoms with van der Waals surface area (Å²) in [5, 5.41) is 10.1. The maximum Gasteiger partial charge on any atom is 0.0833 e. The Hall–Kier alpha value is -1.00. The number of hydrogen-bond acceptors (Lipinski definition) is 1. The van der Waals surface area contributed by atoms with Gasteiger partial charge in [0.05, 0.1) is 11.5 Å². The lowest BCUT2D eigenvalue weighted by atomic mass is 9.57. The third-order valence-electron chi connectivity index (χ3n) is 3.90. The molecule has 0 unspecified atom stereocenters. The van der Waals surface area contributed by atoms with Crippen LogP contribution in [-0.2, 0) is 5.41 Å². The highest BCUT2D eigenvalue weighted by atomic mass is 35.5. The lowest BCUT2D eigenvalue weighted by Gasteiger charge is -2.44. The molecule has 0 N–H and O–H groups in total. The van der Waals surface area contributed by atoms with Crippen LogP contribution in [0.3, 0.4) is 0 Å². The molecule has 1 spiro atoms. The minimum Gasteiger partial charge on any atom is -0.197 e. The second-order valence-electron chi connectivity index (χ2n) is 5.06. The Morgan fingerprint density at radius 1 is 1.27 bits per heavy atom. The van der Waals surface area contributed by atoms with E-state index in [1.807, 2.05) is 24.3 Å². The second kappa shape index (κ2) is 2.77. The number of nitriles is 1. The van der Waals surface area contributed by atoms with E-state index in [4.69, 9.17) is 11.6 Å². The molecule has 2 aliphatic rings. The minimum absolute atomic E-state index is 0.235. The van der Waals surface area contributed by atoms with Crippen molar-refractivity contribution in [3.63, 3.8) is 0 Å². The third kappa shape index (κ3) is 1.28. The van der Waals surface area contributed by atoms with Gasteiger partial charge in [-0.3, -0.25) is 0 Å². The van der Waals surface area contributed by atoms with Crippen LogP contribution >= 0.6 is 11.6 Å². The average Bonchev–Trinajstić information content (AvgIpc) is 2.94. The van der Waals surface area contributed by atoms with Crippen molar-refractivity contribution in [1.29, 1.82) is 5.26 Å². The van der Waals surface area contributed by atoms with Crippen molar-refractivity contribution in [1.82, 2.24) is 0 Å². The summed E-state index contributed by atoms with van der Waals surface area (Å²) in [6.07, 6.45) is 4.71. The van der Waals surface area contributed by atoms with Crippen LogP contribution in [0.4, 0.5) is 0 Å². The lowest BCUT2D eigenvalue weighted by Crippen LogP contribution is -2.41. The highest BCUT2D eigenvalue weighted by Gasteiger charge is 2.61. The van der Waals surface area contributed by atoms with Crippen LogP contribution in [0.15, 0.2) is 24.3 Å². The van der Waals surface area contributed by atoms with Gasteiger partial charge in [-0.2, -0.15) is 5.26 Å². The van der Waals surface area contributed by atoms with E-state index in [9.17, 15) is 5.26 Å². The van der Waals surface area contributed by atoms with Gasteiger partial charge in [-0.15, -0.1) is 0 Å². The first-order valence-electron chi connectivity index (χ1n) is 5.36. The molecular formula is C13H12ClN. The highest BCUT2D eigenvalue weighted by Crippen LogP contribution is 2.68. The standard InChI is InChI=1S/C13H12ClN/c14-11-3-1-2-10(6-11)13(9-15)7-12(8-13)4-5-12/h1-3,6H,4-5,7-8H2. The van der Waals surface area contributed by atoms with Crippen molar-refractivity contribution in [2.75, 3.05) is 0 Å². The first kappa shape index (κ1) is 9.24. The number of nitrogens with zero attached hydrogens (tertiary/aromatic N) is 1. The topological polar surface area (TPSA) is 23.8 Å². The van der Waals surface area contributed by atoms with E-state index in [-0.39, 0.29) is 5.41 Å². The van der Waals surface area contributed by atoms with E-state index >= 15 is 0 Å². The molecule has 76 valence electrons. The van der Waals surface area contributed by atoms with E-state index in [2.05, 4.69) is 6.07 Å². The van der Waals surface area contributed by atoms with Crippen molar-refractivity contribution < 1.29 is 0 Å². The van der Waals surface area contributed by atoms with Gasteiger partial charge in [0.25, 0.3) is 0 Å². The highest BCUT2D eigenvalue weighted by molar-refractivity contribution is 6.30. The van der Waals surface area contributed by atoms with Crippen molar-refractivity contribution in [3.8, 4) is 6.07 Å². The summed E-state index contributed by atoms with van der Waals surface area (Å²) < 4.78 is 0. The molecule has 2 fully saturated rings. The Morgan fingerprint density at radius 2 is 2.00 bits per heavy atom. The number of halogens is 1. The molecule has 1 aromatic rings. The predicted octanol–water partition coefficient (Wildman–Crippen LogP) is 3.68. The van der Waals surface area contributed by atoms with Crippen LogP contribution in [0.2, 0.25) is 5.02 Å². The van der Waals surface area contributed by atoms with Crippen molar-refractivity contribution >= 4 is 11.6 Å². The fourth-order valence-corrected chi connectivity index (χ4v) is 3.08. The van der Waals surface area contributed by atoms with Gasteiger partial charge in [0.2, 0.25) is 0 Å². The zero-order valence-electron chi connectivity index (χ0n) is 8.46. The van der Waals surface area contributed by atoms with Gasteiger partial charge in [0, 0.05) is 5.02 Å². The summed E-state index contributed by atoms with van der Waals surface area (Å²) in [6.45, 7) is 0. The molecule has 3 rings (SSSR count). The molecule has 15 heavy (non-hydrogen) atoms. The largest absolute Gasteiger partial charge is 0.197 e. The van der Waals surface area contributed by atoms with E-state index < -0.39 is 0 Å². The molecule has 0 amide bonds. The molecule has 0 aliphatic heterocycles. The normalized spacial score (nSPS) is 24.3. The SMILES string of the molecule is N#CC1(c2cccc(Cl)c2)CC2(CC2)C1. The van der Waals surface area contributed by atoms with Crippen LogP contribution in [0.25, 0.3) is 0 Å². The quantitative estimate of drug-likeness (QED) is 0.704. The van der Waals surface area contributed by atoms with Gasteiger partial charge in [-0.25, -0.2) is 0 Å². The van der Waals surface area contributed by atoms with E-state index in [1.54, 1.807) is 0 Å². The summed E-state index contributed by atoms with van der Waals surface area (Å²) in [5.41, 5.74) is 1.41. The molecule has 1 aromatic carbocycles. The number of hydrogen-bond donors (Lipinski definition) is 0. The maximum absolute atomic E-state index is 9.35. The first-order chi connectivity index (χ1) is 7.18. The Bertz CT molecular complexity index is 446. The average molecular weight is 218 g/mol. The molecule has 0 atom stereocenters. The Labute approximate surface area is 94.7 Å². The predicted molar refractivity (Wildman–Crippen MR) is 59.6 cm³/mol. The monoisotopic (exact) mass is 217 g/mol. The van der Waals surface area contributed by atoms with Gasteiger partial charge < -0.3 is 0 Å². The first-order valence-corrected chi connectivity index (χ1v) is 5.73. The van der Waals surface area contributed by atoms with Crippen LogP contribution in [0, 0.1) is 16.7 Å². The molecule has 0 heterocycles. The lowest BCUT2D eigenvalue weighted by molar-refractivity contribution is 0.173. The summed E-state index contributed by atoms with van der Waals surface area (Å²) in [4.78, 5) is 0. The van der Waals surface area contributed by atoms with Gasteiger partial charge in [-0.1, -0.05) is 23.7 Å². The molecule has 0 aromatic heterocycles. The Kier molecular flexibility index (Phi) is 1.71. The van der Waals surface area contributed by atoms with Crippen molar-refractivity contribution in [2.45, 2.75) is 31.1 Å². The third-order valence-corrected chi connectivity index (χ3v) is 4.14. The van der Waals surface area contributed by atoms with Gasteiger partial charge >= 0.3 is 0 Å². The van der Waals surface area contributed by atoms with Gasteiger partial charge in [0.1, 0.15) is 0 Å². The van der Waals surface area contributed by atoms with Crippen LogP contribution in [0.1, 0.15) is 31.2 Å². The van der Waals surface area contributed by atoms with E-state index in [0.29, 0.717) is 5.41 Å². The molecule has 2 heteroatoms. The maximum atomic E-state index is 9.35. The summed E-state index contributed by atoms with van der Waals surface area (Å²) in [5.74, 6) is 0. The molecule has 0 saturated heterocycles. The fraction of sp³-hybridized carbons (Fsp3) is 0.462. The molecule has 2 saturated carbocycles. The van der Waals surface area contributed by atoms with E-state index in [1.165, 1.54) is 12.8 Å². The van der Waals surface area contributed by atoms with Gasteiger partial charge in [0.15, 0.2) is 0 Å². The van der Waals surface area contributed by atoms with Crippen molar-refractivity contribution in [3.05, 3.63) is 34.9 Å². The zero-order chi connectivity index (χ0) is 10.5. The summed E-state index contributed by atoms with van der Waals surface area (Å²) >= 11 is 5.97. The van der Waals surface area contributed by atoms with Crippen molar-refractivity contribution in [2.24, 2.45) is 5.41 Å². The molecule has 0 radical (unpaired) electrons.